The first-order chi connectivity index (χ1) is 16.0. The summed E-state index contributed by atoms with van der Waals surface area (Å²) in [5, 5.41) is 0. The highest BCUT2D eigenvalue weighted by Gasteiger charge is 2.36. The second kappa shape index (κ2) is 9.62. The van der Waals surface area contributed by atoms with Gasteiger partial charge < -0.3 is 14.4 Å². The molecule has 0 radical (unpaired) electrons. The highest BCUT2D eigenvalue weighted by molar-refractivity contribution is 6.21. The third kappa shape index (κ3) is 4.30. The van der Waals surface area contributed by atoms with Crippen LogP contribution in [0.3, 0.4) is 0 Å². The normalized spacial score (nSPS) is 16.2. The van der Waals surface area contributed by atoms with Crippen LogP contribution in [0, 0.1) is 0 Å². The van der Waals surface area contributed by atoms with Crippen molar-refractivity contribution in [3.05, 3.63) is 58.7 Å². The Morgan fingerprint density at radius 2 is 1.58 bits per heavy atom. The van der Waals surface area contributed by atoms with Gasteiger partial charge in [-0.3, -0.25) is 24.2 Å². The Hall–Kier alpha value is -3.39. The van der Waals surface area contributed by atoms with Crippen molar-refractivity contribution in [2.75, 3.05) is 46.9 Å². The highest BCUT2D eigenvalue weighted by Crippen LogP contribution is 2.35. The molecule has 174 valence electrons. The maximum atomic E-state index is 13.3. The van der Waals surface area contributed by atoms with Crippen molar-refractivity contribution in [3.63, 3.8) is 0 Å². The first-order valence-electron chi connectivity index (χ1n) is 11.2. The van der Waals surface area contributed by atoms with E-state index in [0.29, 0.717) is 46.8 Å². The largest absolute Gasteiger partial charge is 0.493 e. The third-order valence-corrected chi connectivity index (χ3v) is 6.21. The van der Waals surface area contributed by atoms with Crippen LogP contribution in [-0.4, -0.2) is 79.4 Å². The number of hydrogen-bond acceptors (Lipinski definition) is 6. The number of hydrogen-bond donors (Lipinski definition) is 0. The molecule has 0 unspecified atom stereocenters. The minimum Gasteiger partial charge on any atom is -0.493 e. The van der Waals surface area contributed by atoms with Crippen LogP contribution in [0.25, 0.3) is 0 Å². The second-order valence-corrected chi connectivity index (χ2v) is 8.25. The molecule has 2 aliphatic heterocycles. The fourth-order valence-electron chi connectivity index (χ4n) is 4.51. The molecule has 8 heteroatoms. The van der Waals surface area contributed by atoms with Crippen molar-refractivity contribution in [2.45, 2.75) is 19.9 Å². The average molecular weight is 452 g/mol. The highest BCUT2D eigenvalue weighted by atomic mass is 16.5. The molecule has 2 heterocycles. The minimum atomic E-state index is -0.361. The summed E-state index contributed by atoms with van der Waals surface area (Å²) in [5.41, 5.74) is 1.75. The van der Waals surface area contributed by atoms with Gasteiger partial charge in [0.05, 0.1) is 31.9 Å². The Kier molecular flexibility index (Phi) is 6.65. The molecule has 2 aromatic carbocycles. The summed E-state index contributed by atoms with van der Waals surface area (Å²) in [4.78, 5) is 44.4. The van der Waals surface area contributed by atoms with Gasteiger partial charge in [-0.05, 0) is 37.2 Å². The smallest absolute Gasteiger partial charge is 0.261 e. The first kappa shape index (κ1) is 22.8. The predicted molar refractivity (Wildman–Crippen MR) is 123 cm³/mol. The molecular weight excluding hydrogens is 422 g/mol. The molecular formula is C25H29N3O5. The number of nitrogens with zero attached hydrogens (tertiary/aromatic N) is 3. The lowest BCUT2D eigenvalue weighted by Crippen LogP contribution is -2.48. The lowest BCUT2D eigenvalue weighted by molar-refractivity contribution is 0.0634. The quantitative estimate of drug-likeness (QED) is 0.603. The van der Waals surface area contributed by atoms with E-state index in [1.54, 1.807) is 36.4 Å². The molecule has 0 aliphatic carbocycles. The molecule has 8 nitrogen and oxygen atoms in total. The molecule has 0 saturated carbocycles. The van der Waals surface area contributed by atoms with Gasteiger partial charge in [0.25, 0.3) is 17.7 Å². The number of fused-ring (bicyclic) bond motifs is 1. The zero-order valence-corrected chi connectivity index (χ0v) is 19.3. The van der Waals surface area contributed by atoms with E-state index in [0.717, 1.165) is 26.1 Å². The lowest BCUT2D eigenvalue weighted by Gasteiger charge is -2.34. The van der Waals surface area contributed by atoms with Gasteiger partial charge in [0.2, 0.25) is 0 Å². The molecule has 0 aromatic heterocycles. The molecule has 3 amide bonds. The zero-order valence-electron chi connectivity index (χ0n) is 19.3. The summed E-state index contributed by atoms with van der Waals surface area (Å²) in [6.07, 6.45) is 1.09. The Labute approximate surface area is 193 Å². The summed E-state index contributed by atoms with van der Waals surface area (Å²) in [6, 6.07) is 10.1. The second-order valence-electron chi connectivity index (χ2n) is 8.25. The number of piperazine rings is 1. The number of ether oxygens (including phenoxy) is 2. The Morgan fingerprint density at radius 3 is 2.12 bits per heavy atom. The Balaban J connectivity index is 1.61. The fraction of sp³-hybridized carbons (Fsp3) is 0.400. The minimum absolute atomic E-state index is 0.0166. The van der Waals surface area contributed by atoms with E-state index >= 15 is 0 Å². The van der Waals surface area contributed by atoms with Crippen LogP contribution < -0.4 is 9.47 Å². The van der Waals surface area contributed by atoms with Crippen molar-refractivity contribution in [3.8, 4) is 11.5 Å². The summed E-state index contributed by atoms with van der Waals surface area (Å²) in [6.45, 7) is 6.16. The Morgan fingerprint density at radius 1 is 0.939 bits per heavy atom. The standard InChI is InChI=1S/C25H29N3O5/c1-4-9-26-10-12-27(13-11-26)23(29)17-14-18(22(33-3)21(15-17)32-2)16-28-24(30)19-7-5-6-8-20(19)25(28)31/h5-8,14-15H,4,9-13,16H2,1-3H3. The number of carbonyl (C=O) groups excluding carboxylic acids is 3. The number of benzene rings is 2. The first-order valence-corrected chi connectivity index (χ1v) is 11.2. The topological polar surface area (TPSA) is 79.4 Å². The van der Waals surface area contributed by atoms with Crippen LogP contribution in [0.5, 0.6) is 11.5 Å². The fourth-order valence-corrected chi connectivity index (χ4v) is 4.51. The van der Waals surface area contributed by atoms with Gasteiger partial charge in [0.1, 0.15) is 0 Å². The Bertz CT molecular complexity index is 1040. The van der Waals surface area contributed by atoms with Crippen LogP contribution in [0.4, 0.5) is 0 Å². The zero-order chi connectivity index (χ0) is 23.5. The molecule has 1 saturated heterocycles. The van der Waals surface area contributed by atoms with Gasteiger partial charge in [-0.15, -0.1) is 0 Å². The van der Waals surface area contributed by atoms with Gasteiger partial charge in [-0.2, -0.15) is 0 Å². The van der Waals surface area contributed by atoms with E-state index in [-0.39, 0.29) is 24.3 Å². The SMILES string of the molecule is CCCN1CCN(C(=O)c2cc(CN3C(=O)c4ccccc4C3=O)c(OC)c(OC)c2)CC1. The van der Waals surface area contributed by atoms with Gasteiger partial charge in [0.15, 0.2) is 11.5 Å². The van der Waals surface area contributed by atoms with E-state index in [9.17, 15) is 14.4 Å². The van der Waals surface area contributed by atoms with Crippen molar-refractivity contribution in [1.29, 1.82) is 0 Å². The molecule has 0 atom stereocenters. The van der Waals surface area contributed by atoms with Crippen molar-refractivity contribution in [2.24, 2.45) is 0 Å². The number of imide groups is 1. The molecule has 0 spiro atoms. The summed E-state index contributed by atoms with van der Waals surface area (Å²) in [7, 11) is 3.00. The molecule has 0 N–H and O–H groups in total. The maximum Gasteiger partial charge on any atom is 0.261 e. The van der Waals surface area contributed by atoms with Crippen LogP contribution in [-0.2, 0) is 6.54 Å². The van der Waals surface area contributed by atoms with Crippen molar-refractivity contribution < 1.29 is 23.9 Å². The van der Waals surface area contributed by atoms with E-state index < -0.39 is 0 Å². The van der Waals surface area contributed by atoms with Crippen molar-refractivity contribution >= 4 is 17.7 Å². The van der Waals surface area contributed by atoms with E-state index in [1.165, 1.54) is 19.1 Å². The molecule has 2 aromatic rings. The summed E-state index contributed by atoms with van der Waals surface area (Å²) >= 11 is 0. The van der Waals surface area contributed by atoms with Crippen LogP contribution >= 0.6 is 0 Å². The van der Waals surface area contributed by atoms with Crippen LogP contribution in [0.1, 0.15) is 50.0 Å². The van der Waals surface area contributed by atoms with Gasteiger partial charge >= 0.3 is 0 Å². The number of amides is 3. The molecule has 33 heavy (non-hydrogen) atoms. The van der Waals surface area contributed by atoms with Crippen LogP contribution in [0.2, 0.25) is 0 Å². The predicted octanol–water partition coefficient (Wildman–Crippen LogP) is 2.67. The summed E-state index contributed by atoms with van der Waals surface area (Å²) in [5.74, 6) is -0.0329. The maximum absolute atomic E-state index is 13.3. The molecule has 2 aliphatic rings. The molecule has 0 bridgehead atoms. The molecule has 1 fully saturated rings. The number of carbonyl (C=O) groups is 3. The monoisotopic (exact) mass is 451 g/mol. The van der Waals surface area contributed by atoms with Gasteiger partial charge in [0, 0.05) is 37.3 Å². The average Bonchev–Trinajstić information content (AvgIpc) is 3.08. The number of methoxy groups -OCH3 is 2. The van der Waals surface area contributed by atoms with Crippen LogP contribution in [0.15, 0.2) is 36.4 Å². The van der Waals surface area contributed by atoms with Gasteiger partial charge in [-0.1, -0.05) is 19.1 Å². The molecule has 4 rings (SSSR count). The van der Waals surface area contributed by atoms with E-state index in [1.807, 2.05) is 4.90 Å². The van der Waals surface area contributed by atoms with E-state index in [4.69, 9.17) is 9.47 Å². The summed E-state index contributed by atoms with van der Waals surface area (Å²) < 4.78 is 11.0. The lowest BCUT2D eigenvalue weighted by atomic mass is 10.1. The van der Waals surface area contributed by atoms with Crippen molar-refractivity contribution in [1.82, 2.24) is 14.7 Å². The third-order valence-electron chi connectivity index (χ3n) is 6.21. The van der Waals surface area contributed by atoms with E-state index in [2.05, 4.69) is 11.8 Å². The number of rotatable bonds is 7. The van der Waals surface area contributed by atoms with Gasteiger partial charge in [-0.25, -0.2) is 0 Å².